The van der Waals surface area contributed by atoms with E-state index in [9.17, 15) is 4.79 Å². The van der Waals surface area contributed by atoms with E-state index in [4.69, 9.17) is 9.47 Å². The van der Waals surface area contributed by atoms with Crippen LogP contribution in [-0.2, 0) is 11.3 Å². The Morgan fingerprint density at radius 1 is 0.920 bits per heavy atom. The van der Waals surface area contributed by atoms with E-state index in [1.165, 1.54) is 5.39 Å². The van der Waals surface area contributed by atoms with E-state index in [0.29, 0.717) is 18.0 Å². The van der Waals surface area contributed by atoms with Gasteiger partial charge in [0, 0.05) is 13.6 Å². The summed E-state index contributed by atoms with van der Waals surface area (Å²) in [5.74, 6) is 1.10. The van der Waals surface area contributed by atoms with Crippen LogP contribution >= 0.6 is 0 Å². The number of hydrogen-bond donors (Lipinski definition) is 0. The van der Waals surface area contributed by atoms with E-state index in [1.807, 2.05) is 36.4 Å². The molecule has 3 aromatic rings. The fourth-order valence-electron chi connectivity index (χ4n) is 2.76. The molecule has 0 heterocycles. The minimum absolute atomic E-state index is 0.0262. The molecule has 0 bridgehead atoms. The Hall–Kier alpha value is -3.01. The van der Waals surface area contributed by atoms with Crippen LogP contribution in [0.25, 0.3) is 10.8 Å². The van der Waals surface area contributed by atoms with Gasteiger partial charge in [0.05, 0.1) is 7.11 Å². The number of carbonyl (C=O) groups excluding carboxylic acids is 1. The average Bonchev–Trinajstić information content (AvgIpc) is 2.66. The fraction of sp³-hybridized carbons (Fsp3) is 0.190. The Morgan fingerprint density at radius 3 is 2.40 bits per heavy atom. The summed E-state index contributed by atoms with van der Waals surface area (Å²) < 4.78 is 10.9. The average molecular weight is 335 g/mol. The molecule has 25 heavy (non-hydrogen) atoms. The van der Waals surface area contributed by atoms with Crippen molar-refractivity contribution in [3.05, 3.63) is 72.3 Å². The molecule has 4 heteroatoms. The minimum Gasteiger partial charge on any atom is -0.493 e. The SMILES string of the molecule is COc1ccccc1OCC(=O)N(C)Cc1cccc2ccccc12. The number of methoxy groups -OCH3 is 1. The van der Waals surface area contributed by atoms with Gasteiger partial charge in [0.15, 0.2) is 18.1 Å². The summed E-state index contributed by atoms with van der Waals surface area (Å²) in [5, 5.41) is 2.33. The third-order valence-corrected chi connectivity index (χ3v) is 4.13. The number of likely N-dealkylation sites (N-methyl/N-ethyl adjacent to an activating group) is 1. The lowest BCUT2D eigenvalue weighted by Crippen LogP contribution is -2.31. The topological polar surface area (TPSA) is 38.8 Å². The molecule has 0 saturated carbocycles. The van der Waals surface area contributed by atoms with Gasteiger partial charge in [-0.1, -0.05) is 54.6 Å². The Kier molecular flexibility index (Phi) is 5.19. The first-order valence-corrected chi connectivity index (χ1v) is 8.15. The van der Waals surface area contributed by atoms with Crippen molar-refractivity contribution in [2.45, 2.75) is 6.54 Å². The summed E-state index contributed by atoms with van der Waals surface area (Å²) in [7, 11) is 3.37. The number of carbonyl (C=O) groups is 1. The van der Waals surface area contributed by atoms with Gasteiger partial charge in [-0.25, -0.2) is 0 Å². The quantitative estimate of drug-likeness (QED) is 0.686. The molecule has 0 aliphatic rings. The summed E-state index contributed by atoms with van der Waals surface area (Å²) in [5.41, 5.74) is 1.12. The molecule has 0 atom stereocenters. The number of para-hydroxylation sites is 2. The smallest absolute Gasteiger partial charge is 0.260 e. The van der Waals surface area contributed by atoms with Crippen LogP contribution < -0.4 is 9.47 Å². The van der Waals surface area contributed by atoms with E-state index in [0.717, 1.165) is 10.9 Å². The van der Waals surface area contributed by atoms with Gasteiger partial charge in [0.2, 0.25) is 0 Å². The largest absolute Gasteiger partial charge is 0.493 e. The van der Waals surface area contributed by atoms with Crippen LogP contribution in [0.1, 0.15) is 5.56 Å². The van der Waals surface area contributed by atoms with Crippen molar-refractivity contribution in [2.75, 3.05) is 20.8 Å². The van der Waals surface area contributed by atoms with E-state index >= 15 is 0 Å². The van der Waals surface area contributed by atoms with Gasteiger partial charge >= 0.3 is 0 Å². The summed E-state index contributed by atoms with van der Waals surface area (Å²) in [6, 6.07) is 21.6. The zero-order chi connectivity index (χ0) is 17.6. The molecule has 0 radical (unpaired) electrons. The Balaban J connectivity index is 1.66. The maximum absolute atomic E-state index is 12.4. The molecule has 0 saturated heterocycles. The van der Waals surface area contributed by atoms with Crippen molar-refractivity contribution >= 4 is 16.7 Å². The van der Waals surface area contributed by atoms with Crippen molar-refractivity contribution in [3.8, 4) is 11.5 Å². The van der Waals surface area contributed by atoms with E-state index in [-0.39, 0.29) is 12.5 Å². The summed E-state index contributed by atoms with van der Waals surface area (Å²) >= 11 is 0. The first kappa shape index (κ1) is 16.8. The Labute approximate surface area is 147 Å². The number of hydrogen-bond acceptors (Lipinski definition) is 3. The molecule has 0 unspecified atom stereocenters. The molecule has 4 nitrogen and oxygen atoms in total. The van der Waals surface area contributed by atoms with Crippen molar-refractivity contribution in [1.29, 1.82) is 0 Å². The molecule has 3 aromatic carbocycles. The van der Waals surface area contributed by atoms with Gasteiger partial charge < -0.3 is 14.4 Å². The molecule has 0 aliphatic carbocycles. The highest BCUT2D eigenvalue weighted by atomic mass is 16.5. The number of ether oxygens (including phenoxy) is 2. The van der Waals surface area contributed by atoms with Gasteiger partial charge in [-0.15, -0.1) is 0 Å². The van der Waals surface area contributed by atoms with E-state index in [2.05, 4.69) is 18.2 Å². The molecule has 0 fully saturated rings. The lowest BCUT2D eigenvalue weighted by molar-refractivity contribution is -0.132. The lowest BCUT2D eigenvalue weighted by Gasteiger charge is -2.19. The van der Waals surface area contributed by atoms with Crippen molar-refractivity contribution < 1.29 is 14.3 Å². The third-order valence-electron chi connectivity index (χ3n) is 4.13. The first-order valence-electron chi connectivity index (χ1n) is 8.15. The summed E-state index contributed by atoms with van der Waals surface area (Å²) in [6.45, 7) is 0.511. The lowest BCUT2D eigenvalue weighted by atomic mass is 10.0. The zero-order valence-electron chi connectivity index (χ0n) is 14.4. The van der Waals surface area contributed by atoms with E-state index < -0.39 is 0 Å². The Bertz CT molecular complexity index is 870. The van der Waals surface area contributed by atoms with Gasteiger partial charge in [0.25, 0.3) is 5.91 Å². The number of amides is 1. The predicted molar refractivity (Wildman–Crippen MR) is 98.9 cm³/mol. The molecular weight excluding hydrogens is 314 g/mol. The highest BCUT2D eigenvalue weighted by molar-refractivity contribution is 5.86. The normalized spacial score (nSPS) is 10.5. The van der Waals surface area contributed by atoms with Gasteiger partial charge in [-0.3, -0.25) is 4.79 Å². The van der Waals surface area contributed by atoms with Gasteiger partial charge in [-0.2, -0.15) is 0 Å². The second-order valence-electron chi connectivity index (χ2n) is 5.83. The monoisotopic (exact) mass is 335 g/mol. The Morgan fingerprint density at radius 2 is 1.60 bits per heavy atom. The number of fused-ring (bicyclic) bond motifs is 1. The van der Waals surface area contributed by atoms with Crippen LogP contribution in [0.5, 0.6) is 11.5 Å². The maximum Gasteiger partial charge on any atom is 0.260 e. The van der Waals surface area contributed by atoms with Crippen LogP contribution in [0.3, 0.4) is 0 Å². The molecule has 1 amide bonds. The first-order chi connectivity index (χ1) is 12.2. The maximum atomic E-state index is 12.4. The molecular formula is C21H21NO3. The molecule has 0 spiro atoms. The van der Waals surface area contributed by atoms with Crippen LogP contribution in [0.4, 0.5) is 0 Å². The second kappa shape index (κ2) is 7.71. The molecule has 0 N–H and O–H groups in total. The number of benzene rings is 3. The third kappa shape index (κ3) is 3.91. The number of rotatable bonds is 6. The highest BCUT2D eigenvalue weighted by Gasteiger charge is 2.13. The predicted octanol–water partition coefficient (Wildman–Crippen LogP) is 3.89. The van der Waals surface area contributed by atoms with Crippen LogP contribution in [0, 0.1) is 0 Å². The van der Waals surface area contributed by atoms with Gasteiger partial charge in [0.1, 0.15) is 0 Å². The second-order valence-corrected chi connectivity index (χ2v) is 5.83. The standard InChI is InChI=1S/C21H21NO3/c1-22(14-17-10-7-9-16-8-3-4-11-18(16)17)21(23)15-25-20-13-6-5-12-19(20)24-2/h3-13H,14-15H2,1-2H3. The van der Waals surface area contributed by atoms with E-state index in [1.54, 1.807) is 31.2 Å². The van der Waals surface area contributed by atoms with Crippen molar-refractivity contribution in [2.24, 2.45) is 0 Å². The highest BCUT2D eigenvalue weighted by Crippen LogP contribution is 2.25. The zero-order valence-corrected chi connectivity index (χ0v) is 14.4. The van der Waals surface area contributed by atoms with Gasteiger partial charge in [-0.05, 0) is 28.5 Å². The molecule has 0 aromatic heterocycles. The summed E-state index contributed by atoms with van der Waals surface area (Å²) in [6.07, 6.45) is 0. The minimum atomic E-state index is -0.0844. The summed E-state index contributed by atoms with van der Waals surface area (Å²) in [4.78, 5) is 14.1. The molecule has 3 rings (SSSR count). The van der Waals surface area contributed by atoms with Crippen molar-refractivity contribution in [3.63, 3.8) is 0 Å². The van der Waals surface area contributed by atoms with Crippen LogP contribution in [0.15, 0.2) is 66.7 Å². The fourth-order valence-corrected chi connectivity index (χ4v) is 2.76. The molecule has 128 valence electrons. The number of nitrogens with zero attached hydrogens (tertiary/aromatic N) is 1. The molecule has 0 aliphatic heterocycles. The van der Waals surface area contributed by atoms with Crippen LogP contribution in [-0.4, -0.2) is 31.6 Å². The van der Waals surface area contributed by atoms with Crippen molar-refractivity contribution in [1.82, 2.24) is 4.90 Å². The van der Waals surface area contributed by atoms with Crippen LogP contribution in [0.2, 0.25) is 0 Å².